The summed E-state index contributed by atoms with van der Waals surface area (Å²) in [7, 11) is 0. The lowest BCUT2D eigenvalue weighted by atomic mass is 10.1. The summed E-state index contributed by atoms with van der Waals surface area (Å²) in [5.41, 5.74) is 6.21. The van der Waals surface area contributed by atoms with Gasteiger partial charge in [0.05, 0.1) is 6.54 Å². The summed E-state index contributed by atoms with van der Waals surface area (Å²) in [6.07, 6.45) is 5.04. The van der Waals surface area contributed by atoms with E-state index in [-0.39, 0.29) is 19.0 Å². The van der Waals surface area contributed by atoms with Gasteiger partial charge < -0.3 is 11.1 Å². The SMILES string of the molecule is C#CCNC(=O)Cn1nnc(-c2ccc(C(N)=O)cc2)n1. The number of hydrogen-bond acceptors (Lipinski definition) is 5. The summed E-state index contributed by atoms with van der Waals surface area (Å²) < 4.78 is 0. The van der Waals surface area contributed by atoms with E-state index in [0.717, 1.165) is 4.80 Å². The van der Waals surface area contributed by atoms with Gasteiger partial charge in [0.15, 0.2) is 0 Å². The second-order valence-electron chi connectivity index (χ2n) is 4.07. The number of primary amides is 1. The predicted octanol–water partition coefficient (Wildman–Crippen LogP) is -0.812. The molecular formula is C13H12N6O2. The van der Waals surface area contributed by atoms with Crippen LogP contribution in [0.5, 0.6) is 0 Å². The van der Waals surface area contributed by atoms with Gasteiger partial charge >= 0.3 is 0 Å². The highest BCUT2D eigenvalue weighted by atomic mass is 16.2. The molecule has 0 aliphatic carbocycles. The van der Waals surface area contributed by atoms with Gasteiger partial charge in [0.1, 0.15) is 6.54 Å². The van der Waals surface area contributed by atoms with Crippen molar-refractivity contribution in [2.24, 2.45) is 5.73 Å². The number of amides is 2. The summed E-state index contributed by atoms with van der Waals surface area (Å²) in [5.74, 6) is 1.82. The van der Waals surface area contributed by atoms with Gasteiger partial charge in [-0.25, -0.2) is 0 Å². The Kier molecular flexibility index (Phi) is 4.26. The van der Waals surface area contributed by atoms with Crippen LogP contribution in [0.15, 0.2) is 24.3 Å². The van der Waals surface area contributed by atoms with Crippen molar-refractivity contribution in [3.63, 3.8) is 0 Å². The van der Waals surface area contributed by atoms with Gasteiger partial charge in [-0.1, -0.05) is 18.1 Å². The Morgan fingerprint density at radius 3 is 2.67 bits per heavy atom. The van der Waals surface area contributed by atoms with Crippen LogP contribution in [0.25, 0.3) is 11.4 Å². The summed E-state index contributed by atoms with van der Waals surface area (Å²) in [6.45, 7) is 0.0724. The normalized spacial score (nSPS) is 9.86. The second kappa shape index (κ2) is 6.29. The second-order valence-corrected chi connectivity index (χ2v) is 4.07. The number of nitrogens with one attached hydrogen (secondary N) is 1. The number of carbonyl (C=O) groups is 2. The number of nitrogens with zero attached hydrogens (tertiary/aromatic N) is 4. The lowest BCUT2D eigenvalue weighted by molar-refractivity contribution is -0.121. The quantitative estimate of drug-likeness (QED) is 0.696. The Bertz CT molecular complexity index is 698. The Balaban J connectivity index is 2.07. The molecule has 2 amide bonds. The van der Waals surface area contributed by atoms with Gasteiger partial charge in [0, 0.05) is 11.1 Å². The lowest BCUT2D eigenvalue weighted by Gasteiger charge is -1.99. The molecule has 3 N–H and O–H groups in total. The molecule has 8 nitrogen and oxygen atoms in total. The minimum Gasteiger partial charge on any atom is -0.366 e. The largest absolute Gasteiger partial charge is 0.366 e. The smallest absolute Gasteiger partial charge is 0.248 e. The van der Waals surface area contributed by atoms with Crippen LogP contribution in [0.3, 0.4) is 0 Å². The van der Waals surface area contributed by atoms with Gasteiger partial charge in [-0.2, -0.15) is 4.80 Å². The highest BCUT2D eigenvalue weighted by Gasteiger charge is 2.09. The van der Waals surface area contributed by atoms with Crippen molar-refractivity contribution in [1.82, 2.24) is 25.5 Å². The van der Waals surface area contributed by atoms with Gasteiger partial charge in [-0.05, 0) is 17.3 Å². The molecular weight excluding hydrogens is 272 g/mol. The molecule has 0 saturated heterocycles. The third-order valence-electron chi connectivity index (χ3n) is 2.55. The third-order valence-corrected chi connectivity index (χ3v) is 2.55. The van der Waals surface area contributed by atoms with Crippen LogP contribution < -0.4 is 11.1 Å². The minimum absolute atomic E-state index is 0.0753. The number of aromatic nitrogens is 4. The number of rotatable bonds is 5. The molecule has 0 saturated carbocycles. The molecule has 0 atom stereocenters. The number of nitrogens with two attached hydrogens (primary N) is 1. The van der Waals surface area contributed by atoms with E-state index in [0.29, 0.717) is 17.0 Å². The van der Waals surface area contributed by atoms with Crippen molar-refractivity contribution in [1.29, 1.82) is 0 Å². The fraction of sp³-hybridized carbons (Fsp3) is 0.154. The number of tetrazole rings is 1. The number of benzene rings is 1. The van der Waals surface area contributed by atoms with Crippen LogP contribution >= 0.6 is 0 Å². The van der Waals surface area contributed by atoms with Gasteiger partial charge in [-0.3, -0.25) is 9.59 Å². The first kappa shape index (κ1) is 14.2. The Hall–Kier alpha value is -3.21. The first-order valence-electron chi connectivity index (χ1n) is 5.98. The summed E-state index contributed by atoms with van der Waals surface area (Å²) >= 11 is 0. The standard InChI is InChI=1S/C13H12N6O2/c1-2-7-15-11(20)8-19-17-13(16-18-19)10-5-3-9(4-6-10)12(14)21/h1,3-6H,7-8H2,(H2,14,21)(H,15,20). The highest BCUT2D eigenvalue weighted by Crippen LogP contribution is 2.14. The average molecular weight is 284 g/mol. The molecule has 0 unspecified atom stereocenters. The molecule has 1 heterocycles. The van der Waals surface area contributed by atoms with Gasteiger partial charge in [-0.15, -0.1) is 16.6 Å². The van der Waals surface area contributed by atoms with Crippen molar-refractivity contribution in [3.05, 3.63) is 29.8 Å². The van der Waals surface area contributed by atoms with Crippen molar-refractivity contribution in [3.8, 4) is 23.7 Å². The van der Waals surface area contributed by atoms with E-state index in [1.807, 2.05) is 0 Å². The van der Waals surface area contributed by atoms with Crippen LogP contribution in [0.1, 0.15) is 10.4 Å². The zero-order valence-corrected chi connectivity index (χ0v) is 11.0. The van der Waals surface area contributed by atoms with Crippen molar-refractivity contribution >= 4 is 11.8 Å². The van der Waals surface area contributed by atoms with E-state index in [4.69, 9.17) is 12.2 Å². The van der Waals surface area contributed by atoms with E-state index in [1.54, 1.807) is 24.3 Å². The Labute approximate surface area is 120 Å². The Morgan fingerprint density at radius 1 is 1.33 bits per heavy atom. The summed E-state index contributed by atoms with van der Waals surface area (Å²) in [4.78, 5) is 23.6. The van der Waals surface area contributed by atoms with Gasteiger partial charge in [0.25, 0.3) is 0 Å². The molecule has 8 heteroatoms. The maximum Gasteiger partial charge on any atom is 0.248 e. The molecule has 1 aromatic heterocycles. The van der Waals surface area contributed by atoms with E-state index in [1.165, 1.54) is 0 Å². The fourth-order valence-electron chi connectivity index (χ4n) is 1.54. The lowest BCUT2D eigenvalue weighted by Crippen LogP contribution is -2.28. The molecule has 0 bridgehead atoms. The van der Waals surface area contributed by atoms with Crippen LogP contribution in [-0.2, 0) is 11.3 Å². The fourth-order valence-corrected chi connectivity index (χ4v) is 1.54. The van der Waals surface area contributed by atoms with Crippen LogP contribution in [0.2, 0.25) is 0 Å². The molecule has 21 heavy (non-hydrogen) atoms. The predicted molar refractivity (Wildman–Crippen MR) is 73.6 cm³/mol. The molecule has 0 spiro atoms. The molecule has 2 rings (SSSR count). The highest BCUT2D eigenvalue weighted by molar-refractivity contribution is 5.93. The van der Waals surface area contributed by atoms with Crippen LogP contribution in [0.4, 0.5) is 0 Å². The molecule has 1 aromatic carbocycles. The zero-order valence-electron chi connectivity index (χ0n) is 11.0. The first-order chi connectivity index (χ1) is 10.1. The molecule has 106 valence electrons. The van der Waals surface area contributed by atoms with E-state index in [9.17, 15) is 9.59 Å². The summed E-state index contributed by atoms with van der Waals surface area (Å²) in [6, 6.07) is 6.44. The molecule has 0 aliphatic rings. The average Bonchev–Trinajstić information content (AvgIpc) is 2.93. The van der Waals surface area contributed by atoms with E-state index < -0.39 is 5.91 Å². The van der Waals surface area contributed by atoms with E-state index in [2.05, 4.69) is 26.6 Å². The molecule has 0 fully saturated rings. The molecule has 0 radical (unpaired) electrons. The van der Waals surface area contributed by atoms with Crippen molar-refractivity contribution in [2.75, 3.05) is 6.54 Å². The van der Waals surface area contributed by atoms with Gasteiger partial charge in [0.2, 0.25) is 17.6 Å². The maximum absolute atomic E-state index is 11.5. The topological polar surface area (TPSA) is 116 Å². The molecule has 0 aliphatic heterocycles. The third kappa shape index (κ3) is 3.63. The van der Waals surface area contributed by atoms with Crippen molar-refractivity contribution in [2.45, 2.75) is 6.54 Å². The van der Waals surface area contributed by atoms with Crippen LogP contribution in [-0.4, -0.2) is 38.6 Å². The number of terminal acetylenes is 1. The van der Waals surface area contributed by atoms with Crippen LogP contribution in [0, 0.1) is 12.3 Å². The van der Waals surface area contributed by atoms with E-state index >= 15 is 0 Å². The summed E-state index contributed by atoms with van der Waals surface area (Å²) in [5, 5.41) is 14.2. The minimum atomic E-state index is -0.511. The zero-order chi connectivity index (χ0) is 15.2. The first-order valence-corrected chi connectivity index (χ1v) is 5.98. The molecule has 2 aromatic rings. The Morgan fingerprint density at radius 2 is 2.05 bits per heavy atom. The number of hydrogen-bond donors (Lipinski definition) is 2. The number of carbonyl (C=O) groups excluding carboxylic acids is 2. The van der Waals surface area contributed by atoms with Crippen molar-refractivity contribution < 1.29 is 9.59 Å². The maximum atomic E-state index is 11.5. The monoisotopic (exact) mass is 284 g/mol.